The number of nitro groups is 1. The second-order valence-electron chi connectivity index (χ2n) is 5.35. The van der Waals surface area contributed by atoms with Crippen molar-refractivity contribution in [2.45, 2.75) is 6.92 Å². The molecule has 3 rings (SSSR count). The van der Waals surface area contributed by atoms with E-state index in [1.54, 1.807) is 0 Å². The first-order valence-corrected chi connectivity index (χ1v) is 7.34. The molecule has 0 aliphatic carbocycles. The lowest BCUT2D eigenvalue weighted by atomic mass is 10.1. The zero-order valence-electron chi connectivity index (χ0n) is 13.3. The van der Waals surface area contributed by atoms with Gasteiger partial charge in [-0.05, 0) is 43.3 Å². The number of nitrogens with one attached hydrogen (secondary N) is 1. The fourth-order valence-corrected chi connectivity index (χ4v) is 2.37. The number of halogens is 2. The van der Waals surface area contributed by atoms with E-state index >= 15 is 0 Å². The zero-order chi connectivity index (χ0) is 18.8. The average Bonchev–Trinajstić information content (AvgIpc) is 2.98. The van der Waals surface area contributed by atoms with Crippen LogP contribution in [0.3, 0.4) is 0 Å². The lowest BCUT2D eigenvalue weighted by molar-refractivity contribution is -0.387. The first-order chi connectivity index (χ1) is 12.4. The van der Waals surface area contributed by atoms with Crippen molar-refractivity contribution in [3.8, 4) is 11.3 Å². The Morgan fingerprint density at radius 2 is 1.88 bits per heavy atom. The summed E-state index contributed by atoms with van der Waals surface area (Å²) in [5, 5.41) is 17.1. The van der Waals surface area contributed by atoms with Crippen molar-refractivity contribution in [3.63, 3.8) is 0 Å². The first kappa shape index (κ1) is 17.2. The molecule has 26 heavy (non-hydrogen) atoms. The number of nitro benzene ring substituents is 1. The van der Waals surface area contributed by atoms with Crippen molar-refractivity contribution >= 4 is 17.3 Å². The second-order valence-corrected chi connectivity index (χ2v) is 5.35. The molecule has 1 N–H and O–H groups in total. The molecule has 1 aromatic heterocycles. The molecule has 3 aromatic rings. The van der Waals surface area contributed by atoms with E-state index in [1.807, 2.05) is 0 Å². The van der Waals surface area contributed by atoms with Crippen LogP contribution in [0.4, 0.5) is 20.2 Å². The third-order valence-corrected chi connectivity index (χ3v) is 3.61. The summed E-state index contributed by atoms with van der Waals surface area (Å²) < 4.78 is 31.5. The molecule has 1 heterocycles. The molecular weight excluding hydrogens is 348 g/mol. The Hall–Kier alpha value is -3.62. The molecule has 0 radical (unpaired) electrons. The van der Waals surface area contributed by atoms with Gasteiger partial charge < -0.3 is 9.84 Å². The van der Waals surface area contributed by atoms with Crippen molar-refractivity contribution < 1.29 is 23.0 Å². The third kappa shape index (κ3) is 3.27. The van der Waals surface area contributed by atoms with Crippen molar-refractivity contribution in [1.29, 1.82) is 0 Å². The van der Waals surface area contributed by atoms with Crippen LogP contribution < -0.4 is 5.32 Å². The van der Waals surface area contributed by atoms with Gasteiger partial charge in [0.05, 0.1) is 4.92 Å². The average molecular weight is 359 g/mol. The molecule has 7 nitrogen and oxygen atoms in total. The Morgan fingerprint density at radius 1 is 1.19 bits per heavy atom. The number of benzene rings is 2. The summed E-state index contributed by atoms with van der Waals surface area (Å²) in [5.74, 6) is -1.90. The lowest BCUT2D eigenvalue weighted by Crippen LogP contribution is -2.13. The molecule has 2 aromatic carbocycles. The van der Waals surface area contributed by atoms with Crippen molar-refractivity contribution in [2.75, 3.05) is 5.32 Å². The fourth-order valence-electron chi connectivity index (χ4n) is 2.37. The van der Waals surface area contributed by atoms with Gasteiger partial charge in [0.15, 0.2) is 0 Å². The minimum absolute atomic E-state index is 0.0359. The Bertz CT molecular complexity index is 1000. The number of carbonyl (C=O) groups is 1. The quantitative estimate of drug-likeness (QED) is 0.559. The van der Waals surface area contributed by atoms with Gasteiger partial charge in [-0.1, -0.05) is 5.16 Å². The summed E-state index contributed by atoms with van der Waals surface area (Å²) in [6.07, 6.45) is 0. The van der Waals surface area contributed by atoms with Crippen LogP contribution in [0.2, 0.25) is 0 Å². The van der Waals surface area contributed by atoms with Crippen LogP contribution in [0.15, 0.2) is 47.0 Å². The molecule has 0 spiro atoms. The standard InChI is InChI=1S/C17H11F2N3O4/c1-9-15(16(21-26-9)10-2-4-11(18)5-3-10)17(23)20-12-6-7-13(19)14(8-12)22(24)25/h2-8H,1H3,(H,20,23). The Balaban J connectivity index is 1.94. The highest BCUT2D eigenvalue weighted by atomic mass is 19.1. The molecule has 0 atom stereocenters. The first-order valence-electron chi connectivity index (χ1n) is 7.34. The summed E-state index contributed by atoms with van der Waals surface area (Å²) in [4.78, 5) is 22.5. The second kappa shape index (κ2) is 6.71. The van der Waals surface area contributed by atoms with Crippen LogP contribution in [0.25, 0.3) is 11.3 Å². The van der Waals surface area contributed by atoms with E-state index in [9.17, 15) is 23.7 Å². The predicted octanol–water partition coefficient (Wildman–Crippen LogP) is 4.09. The lowest BCUT2D eigenvalue weighted by Gasteiger charge is -2.06. The normalized spacial score (nSPS) is 10.6. The molecule has 0 bridgehead atoms. The van der Waals surface area contributed by atoms with Gasteiger partial charge in [0.2, 0.25) is 5.82 Å². The minimum Gasteiger partial charge on any atom is -0.360 e. The SMILES string of the molecule is Cc1onc(-c2ccc(F)cc2)c1C(=O)Nc1ccc(F)c([N+](=O)[O-])c1. The topological polar surface area (TPSA) is 98.3 Å². The number of hydrogen-bond acceptors (Lipinski definition) is 5. The largest absolute Gasteiger partial charge is 0.360 e. The number of rotatable bonds is 4. The molecule has 1 amide bonds. The molecule has 0 fully saturated rings. The van der Waals surface area contributed by atoms with Crippen LogP contribution in [0, 0.1) is 28.7 Å². The number of amides is 1. The van der Waals surface area contributed by atoms with Crippen molar-refractivity contribution in [3.05, 3.63) is 75.5 Å². The van der Waals surface area contributed by atoms with Gasteiger partial charge >= 0.3 is 5.69 Å². The molecule has 0 aliphatic rings. The van der Waals surface area contributed by atoms with E-state index in [-0.39, 0.29) is 22.7 Å². The number of anilines is 1. The van der Waals surface area contributed by atoms with Crippen LogP contribution in [-0.2, 0) is 0 Å². The van der Waals surface area contributed by atoms with E-state index in [4.69, 9.17) is 4.52 Å². The van der Waals surface area contributed by atoms with Crippen molar-refractivity contribution in [2.24, 2.45) is 0 Å². The number of nitrogens with zero attached hydrogens (tertiary/aromatic N) is 2. The highest BCUT2D eigenvalue weighted by Crippen LogP contribution is 2.27. The molecule has 0 aliphatic heterocycles. The molecule has 0 saturated carbocycles. The van der Waals surface area contributed by atoms with Gasteiger partial charge in [0.25, 0.3) is 5.91 Å². The summed E-state index contributed by atoms with van der Waals surface area (Å²) in [7, 11) is 0. The third-order valence-electron chi connectivity index (χ3n) is 3.61. The number of aromatic nitrogens is 1. The van der Waals surface area contributed by atoms with Gasteiger partial charge in [0, 0.05) is 17.3 Å². The van der Waals surface area contributed by atoms with E-state index in [2.05, 4.69) is 10.5 Å². The Kier molecular flexibility index (Phi) is 4.44. The number of carbonyl (C=O) groups excluding carboxylic acids is 1. The monoisotopic (exact) mass is 359 g/mol. The maximum atomic E-state index is 13.4. The van der Waals surface area contributed by atoms with E-state index in [0.717, 1.165) is 12.1 Å². The van der Waals surface area contributed by atoms with E-state index in [1.165, 1.54) is 37.3 Å². The number of aryl methyl sites for hydroxylation is 1. The van der Waals surface area contributed by atoms with E-state index in [0.29, 0.717) is 5.56 Å². The van der Waals surface area contributed by atoms with Crippen LogP contribution in [0.5, 0.6) is 0 Å². The van der Waals surface area contributed by atoms with Crippen LogP contribution >= 0.6 is 0 Å². The summed E-state index contributed by atoms with van der Waals surface area (Å²) in [5.41, 5.74) is 0.0102. The zero-order valence-corrected chi connectivity index (χ0v) is 13.3. The molecule has 132 valence electrons. The summed E-state index contributed by atoms with van der Waals surface area (Å²) in [6, 6.07) is 8.29. The summed E-state index contributed by atoms with van der Waals surface area (Å²) in [6.45, 7) is 1.52. The Morgan fingerprint density at radius 3 is 2.54 bits per heavy atom. The van der Waals surface area contributed by atoms with Gasteiger partial charge in [-0.2, -0.15) is 4.39 Å². The highest BCUT2D eigenvalue weighted by molar-refractivity contribution is 6.08. The van der Waals surface area contributed by atoms with E-state index < -0.39 is 28.2 Å². The smallest absolute Gasteiger partial charge is 0.306 e. The molecule has 0 unspecified atom stereocenters. The maximum Gasteiger partial charge on any atom is 0.306 e. The predicted molar refractivity (Wildman–Crippen MR) is 87.6 cm³/mol. The number of hydrogen-bond donors (Lipinski definition) is 1. The Labute approximate surface area is 145 Å². The van der Waals surface area contributed by atoms with Gasteiger partial charge in [0.1, 0.15) is 22.8 Å². The summed E-state index contributed by atoms with van der Waals surface area (Å²) >= 11 is 0. The van der Waals surface area contributed by atoms with Crippen LogP contribution in [-0.4, -0.2) is 16.0 Å². The van der Waals surface area contributed by atoms with Crippen LogP contribution in [0.1, 0.15) is 16.1 Å². The van der Waals surface area contributed by atoms with Gasteiger partial charge in [-0.3, -0.25) is 14.9 Å². The maximum absolute atomic E-state index is 13.4. The minimum atomic E-state index is -1.01. The highest BCUT2D eigenvalue weighted by Gasteiger charge is 2.23. The van der Waals surface area contributed by atoms with Gasteiger partial charge in [-0.25, -0.2) is 4.39 Å². The van der Waals surface area contributed by atoms with Crippen molar-refractivity contribution in [1.82, 2.24) is 5.16 Å². The van der Waals surface area contributed by atoms with Gasteiger partial charge in [-0.15, -0.1) is 0 Å². The molecule has 0 saturated heterocycles. The molecule has 9 heteroatoms. The molecular formula is C17H11F2N3O4. The fraction of sp³-hybridized carbons (Fsp3) is 0.0588.